The minimum absolute atomic E-state index is 0.0188. The Bertz CT molecular complexity index is 409. The number of nitrogens with zero attached hydrogens (tertiary/aromatic N) is 1. The van der Waals surface area contributed by atoms with Gasteiger partial charge in [0, 0.05) is 12.0 Å². The molecule has 0 aliphatic carbocycles. The lowest BCUT2D eigenvalue weighted by molar-refractivity contribution is -0.142. The first-order valence-electron chi connectivity index (χ1n) is 6.60. The Morgan fingerprint density at radius 3 is 2.58 bits per heavy atom. The Morgan fingerprint density at radius 2 is 2.05 bits per heavy atom. The van der Waals surface area contributed by atoms with Gasteiger partial charge in [0.1, 0.15) is 11.1 Å². The molecule has 4 nitrogen and oxygen atoms in total. The number of ether oxygens (including phenoxy) is 2. The van der Waals surface area contributed by atoms with Gasteiger partial charge in [0.05, 0.1) is 18.7 Å². The van der Waals surface area contributed by atoms with E-state index in [9.17, 15) is 4.79 Å². The molecule has 5 heteroatoms. The van der Waals surface area contributed by atoms with E-state index >= 15 is 0 Å². The van der Waals surface area contributed by atoms with Crippen molar-refractivity contribution in [3.8, 4) is 0 Å². The van der Waals surface area contributed by atoms with Crippen molar-refractivity contribution in [1.29, 1.82) is 0 Å². The van der Waals surface area contributed by atoms with Gasteiger partial charge >= 0.3 is 5.97 Å². The van der Waals surface area contributed by atoms with E-state index in [1.54, 1.807) is 18.3 Å². The average Bonchev–Trinajstić information content (AvgIpc) is 2.72. The number of aromatic nitrogens is 1. The van der Waals surface area contributed by atoms with Crippen LogP contribution >= 0.6 is 11.3 Å². The predicted molar refractivity (Wildman–Crippen MR) is 76.3 cm³/mol. The summed E-state index contributed by atoms with van der Waals surface area (Å²) >= 11 is 1.54. The number of hydrogen-bond acceptors (Lipinski definition) is 5. The molecule has 108 valence electrons. The molecule has 1 rings (SSSR count). The molecular formula is C14H23NO3S. The lowest BCUT2D eigenvalue weighted by atomic mass is 9.89. The molecule has 0 radical (unpaired) electrons. The van der Waals surface area contributed by atoms with E-state index in [1.165, 1.54) is 0 Å². The maximum Gasteiger partial charge on any atom is 0.311 e. The lowest BCUT2D eigenvalue weighted by Gasteiger charge is -2.28. The highest BCUT2D eigenvalue weighted by molar-refractivity contribution is 7.09. The van der Waals surface area contributed by atoms with Crippen LogP contribution in [0.5, 0.6) is 0 Å². The summed E-state index contributed by atoms with van der Waals surface area (Å²) in [5.41, 5.74) is 0.738. The highest BCUT2D eigenvalue weighted by Crippen LogP contribution is 2.37. The van der Waals surface area contributed by atoms with Crippen molar-refractivity contribution in [3.05, 3.63) is 16.1 Å². The van der Waals surface area contributed by atoms with Crippen LogP contribution in [0.3, 0.4) is 0 Å². The summed E-state index contributed by atoms with van der Waals surface area (Å²) in [6, 6.07) is 0. The number of esters is 1. The van der Waals surface area contributed by atoms with Gasteiger partial charge in [0.25, 0.3) is 0 Å². The molecule has 0 bridgehead atoms. The van der Waals surface area contributed by atoms with Crippen LogP contribution in [0.4, 0.5) is 0 Å². The molecule has 1 unspecified atom stereocenters. The van der Waals surface area contributed by atoms with E-state index in [1.807, 2.05) is 12.3 Å². The Balaban J connectivity index is 2.79. The van der Waals surface area contributed by atoms with E-state index < -0.39 is 0 Å². The summed E-state index contributed by atoms with van der Waals surface area (Å²) in [7, 11) is 0. The summed E-state index contributed by atoms with van der Waals surface area (Å²) in [6.07, 6.45) is 0.186. The van der Waals surface area contributed by atoms with Gasteiger partial charge < -0.3 is 9.47 Å². The smallest absolute Gasteiger partial charge is 0.311 e. The van der Waals surface area contributed by atoms with E-state index in [0.717, 1.165) is 10.7 Å². The van der Waals surface area contributed by atoms with E-state index in [0.29, 0.717) is 13.2 Å². The van der Waals surface area contributed by atoms with Gasteiger partial charge in [-0.3, -0.25) is 4.79 Å². The topological polar surface area (TPSA) is 48.4 Å². The van der Waals surface area contributed by atoms with E-state index in [-0.39, 0.29) is 23.9 Å². The maximum atomic E-state index is 11.4. The third-order valence-corrected chi connectivity index (χ3v) is 3.48. The number of carbonyl (C=O) groups is 1. The average molecular weight is 285 g/mol. The molecule has 0 aliphatic rings. The zero-order valence-electron chi connectivity index (χ0n) is 12.4. The molecule has 0 N–H and O–H groups in total. The second-order valence-electron chi connectivity index (χ2n) is 5.36. The van der Waals surface area contributed by atoms with Crippen LogP contribution in [0.25, 0.3) is 0 Å². The fraction of sp³-hybridized carbons (Fsp3) is 0.714. The van der Waals surface area contributed by atoms with Crippen LogP contribution in [-0.4, -0.2) is 24.2 Å². The molecule has 0 aliphatic heterocycles. The number of carbonyl (C=O) groups excluding carboxylic acids is 1. The Kier molecular flexibility index (Phi) is 5.94. The van der Waals surface area contributed by atoms with Crippen LogP contribution < -0.4 is 0 Å². The quantitative estimate of drug-likeness (QED) is 0.752. The molecule has 1 atom stereocenters. The third-order valence-electron chi connectivity index (χ3n) is 2.54. The zero-order chi connectivity index (χ0) is 14.5. The van der Waals surface area contributed by atoms with Crippen LogP contribution in [0.15, 0.2) is 5.38 Å². The van der Waals surface area contributed by atoms with Crippen LogP contribution in [0.1, 0.15) is 51.4 Å². The number of rotatable bonds is 6. The van der Waals surface area contributed by atoms with Gasteiger partial charge in [-0.1, -0.05) is 20.8 Å². The molecule has 0 saturated heterocycles. The molecule has 1 aromatic heterocycles. The van der Waals surface area contributed by atoms with Gasteiger partial charge in [0.15, 0.2) is 0 Å². The first-order chi connectivity index (χ1) is 8.88. The Labute approximate surface area is 119 Å². The molecule has 0 aromatic carbocycles. The third kappa shape index (κ3) is 4.91. The van der Waals surface area contributed by atoms with E-state index in [2.05, 4.69) is 25.8 Å². The predicted octanol–water partition coefficient (Wildman–Crippen LogP) is 3.37. The molecule has 1 aromatic rings. The monoisotopic (exact) mass is 285 g/mol. The van der Waals surface area contributed by atoms with Crippen LogP contribution in [0, 0.1) is 5.41 Å². The molecule has 0 amide bonds. The van der Waals surface area contributed by atoms with Crippen molar-refractivity contribution in [2.24, 2.45) is 5.41 Å². The minimum atomic E-state index is -0.233. The fourth-order valence-corrected chi connectivity index (χ4v) is 2.85. The van der Waals surface area contributed by atoms with Gasteiger partial charge in [-0.25, -0.2) is 4.98 Å². The first kappa shape index (κ1) is 16.1. The highest BCUT2D eigenvalue weighted by atomic mass is 32.1. The summed E-state index contributed by atoms with van der Waals surface area (Å²) in [6.45, 7) is 11.2. The molecule has 0 spiro atoms. The molecule has 0 saturated carbocycles. The second kappa shape index (κ2) is 7.01. The van der Waals surface area contributed by atoms with E-state index in [4.69, 9.17) is 9.47 Å². The highest BCUT2D eigenvalue weighted by Gasteiger charge is 2.29. The summed E-state index contributed by atoms with van der Waals surface area (Å²) in [5.74, 6) is -0.233. The summed E-state index contributed by atoms with van der Waals surface area (Å²) < 4.78 is 10.7. The largest absolute Gasteiger partial charge is 0.466 e. The molecule has 0 fully saturated rings. The Hall–Kier alpha value is -0.940. The van der Waals surface area contributed by atoms with Gasteiger partial charge in [-0.15, -0.1) is 11.3 Å². The van der Waals surface area contributed by atoms with Gasteiger partial charge in [-0.2, -0.15) is 0 Å². The fourth-order valence-electron chi connectivity index (χ4n) is 1.74. The normalized spacial score (nSPS) is 13.3. The van der Waals surface area contributed by atoms with Crippen molar-refractivity contribution in [3.63, 3.8) is 0 Å². The molecule has 1 heterocycles. The SMILES string of the molecule is CCOC(=O)Cc1csc(C(OCC)C(C)(C)C)n1. The lowest BCUT2D eigenvalue weighted by Crippen LogP contribution is -2.21. The van der Waals surface area contributed by atoms with Crippen molar-refractivity contribution in [1.82, 2.24) is 4.98 Å². The Morgan fingerprint density at radius 1 is 1.37 bits per heavy atom. The van der Waals surface area contributed by atoms with Crippen molar-refractivity contribution in [2.45, 2.75) is 47.1 Å². The van der Waals surface area contributed by atoms with Crippen molar-refractivity contribution >= 4 is 17.3 Å². The minimum Gasteiger partial charge on any atom is -0.466 e. The van der Waals surface area contributed by atoms with Crippen LogP contribution in [0.2, 0.25) is 0 Å². The molecule has 19 heavy (non-hydrogen) atoms. The second-order valence-corrected chi connectivity index (χ2v) is 6.25. The first-order valence-corrected chi connectivity index (χ1v) is 7.48. The molecular weight excluding hydrogens is 262 g/mol. The zero-order valence-corrected chi connectivity index (χ0v) is 13.2. The van der Waals surface area contributed by atoms with Crippen molar-refractivity contribution in [2.75, 3.05) is 13.2 Å². The maximum absolute atomic E-state index is 11.4. The summed E-state index contributed by atoms with van der Waals surface area (Å²) in [5, 5.41) is 2.83. The number of thiazole rings is 1. The standard InChI is InChI=1S/C14H23NO3S/c1-6-17-11(16)8-10-9-19-13(15-10)12(18-7-2)14(3,4)5/h9,12H,6-8H2,1-5H3. The van der Waals surface area contributed by atoms with Gasteiger partial charge in [0.2, 0.25) is 0 Å². The van der Waals surface area contributed by atoms with Crippen LogP contribution in [-0.2, 0) is 20.7 Å². The van der Waals surface area contributed by atoms with Crippen molar-refractivity contribution < 1.29 is 14.3 Å². The number of hydrogen-bond donors (Lipinski definition) is 0. The summed E-state index contributed by atoms with van der Waals surface area (Å²) in [4.78, 5) is 15.9. The van der Waals surface area contributed by atoms with Gasteiger partial charge in [-0.05, 0) is 19.3 Å².